The van der Waals surface area contributed by atoms with Crippen LogP contribution in [0.3, 0.4) is 0 Å². The van der Waals surface area contributed by atoms with E-state index in [9.17, 15) is 0 Å². The van der Waals surface area contributed by atoms with E-state index in [-0.39, 0.29) is 0 Å². The molecule has 0 aliphatic rings. The summed E-state index contributed by atoms with van der Waals surface area (Å²) in [5.41, 5.74) is 13.3. The average Bonchev–Trinajstić information content (AvgIpc) is 3.54. The summed E-state index contributed by atoms with van der Waals surface area (Å²) >= 11 is 0. The molecular formula is C50H33N. The Kier molecular flexibility index (Phi) is 6.89. The maximum Gasteiger partial charge on any atom is 0.0547 e. The molecule has 51 heavy (non-hydrogen) atoms. The molecule has 1 heterocycles. The smallest absolute Gasteiger partial charge is 0.0547 e. The van der Waals surface area contributed by atoms with Crippen LogP contribution in [0.2, 0.25) is 0 Å². The van der Waals surface area contributed by atoms with E-state index in [1.165, 1.54) is 87.9 Å². The van der Waals surface area contributed by atoms with E-state index in [0.717, 1.165) is 5.69 Å². The van der Waals surface area contributed by atoms with Gasteiger partial charge in [-0.1, -0.05) is 170 Å². The third-order valence-electron chi connectivity index (χ3n) is 10.4. The van der Waals surface area contributed by atoms with Gasteiger partial charge in [0.15, 0.2) is 0 Å². The molecule has 10 rings (SSSR count). The van der Waals surface area contributed by atoms with Gasteiger partial charge in [0.2, 0.25) is 0 Å². The van der Waals surface area contributed by atoms with Crippen LogP contribution < -0.4 is 0 Å². The average molecular weight is 648 g/mol. The van der Waals surface area contributed by atoms with Gasteiger partial charge in [-0.25, -0.2) is 0 Å². The molecule has 9 aromatic carbocycles. The largest absolute Gasteiger partial charge is 0.309 e. The van der Waals surface area contributed by atoms with Crippen LogP contribution in [0.25, 0.3) is 93.5 Å². The Hall–Kier alpha value is -6.70. The van der Waals surface area contributed by atoms with Crippen molar-refractivity contribution in [2.45, 2.75) is 0 Å². The number of nitrogens with zero attached hydrogens (tertiary/aromatic N) is 1. The van der Waals surface area contributed by atoms with E-state index < -0.39 is 0 Å². The zero-order valence-electron chi connectivity index (χ0n) is 28.0. The normalized spacial score (nSPS) is 11.5. The van der Waals surface area contributed by atoms with Crippen molar-refractivity contribution in [3.8, 4) is 50.2 Å². The minimum absolute atomic E-state index is 1.16. The highest BCUT2D eigenvalue weighted by atomic mass is 15.0. The minimum Gasteiger partial charge on any atom is -0.309 e. The van der Waals surface area contributed by atoms with Crippen molar-refractivity contribution in [1.82, 2.24) is 4.57 Å². The molecule has 0 aliphatic carbocycles. The maximum atomic E-state index is 2.41. The SMILES string of the molecule is c1ccc(-n2c3ccccc3c3cc(-c4ccc(-c5cccc6ccccc56)cc4)c(-c4ccc(-c5cccc6ccccc56)cc4)cc32)cc1. The standard InChI is InChI=1S/C50H33N/c1-2-16-40(17-3-1)51-49-23-9-8-20-45(49)48-32-46(38-28-24-36(25-29-38)43-21-10-14-34-12-4-6-18-41(34)43)47(33-50(48)51)39-30-26-37(27-31-39)44-22-11-15-35-13-5-7-19-42(35)44/h1-33H. The van der Waals surface area contributed by atoms with Crippen molar-refractivity contribution in [1.29, 1.82) is 0 Å². The van der Waals surface area contributed by atoms with Crippen molar-refractivity contribution < 1.29 is 0 Å². The Balaban J connectivity index is 1.18. The fourth-order valence-corrected chi connectivity index (χ4v) is 7.96. The Labute approximate surface area is 297 Å². The first kappa shape index (κ1) is 29.2. The number of hydrogen-bond acceptors (Lipinski definition) is 0. The molecular weight excluding hydrogens is 615 g/mol. The van der Waals surface area contributed by atoms with Gasteiger partial charge in [0.05, 0.1) is 11.0 Å². The molecule has 0 atom stereocenters. The highest BCUT2D eigenvalue weighted by Gasteiger charge is 2.18. The van der Waals surface area contributed by atoms with Crippen LogP contribution in [-0.2, 0) is 0 Å². The lowest BCUT2D eigenvalue weighted by Gasteiger charge is -2.15. The Morgan fingerprint density at radius 2 is 0.686 bits per heavy atom. The van der Waals surface area contributed by atoms with Gasteiger partial charge >= 0.3 is 0 Å². The molecule has 0 saturated carbocycles. The van der Waals surface area contributed by atoms with Crippen LogP contribution >= 0.6 is 0 Å². The van der Waals surface area contributed by atoms with Gasteiger partial charge in [0.25, 0.3) is 0 Å². The Morgan fingerprint density at radius 3 is 1.25 bits per heavy atom. The molecule has 0 spiro atoms. The van der Waals surface area contributed by atoms with E-state index in [0.29, 0.717) is 0 Å². The number of hydrogen-bond donors (Lipinski definition) is 0. The molecule has 0 fully saturated rings. The quantitative estimate of drug-likeness (QED) is 0.175. The summed E-state index contributed by atoms with van der Waals surface area (Å²) in [6.07, 6.45) is 0. The number of para-hydroxylation sites is 2. The van der Waals surface area contributed by atoms with E-state index in [2.05, 4.69) is 205 Å². The van der Waals surface area contributed by atoms with Crippen LogP contribution in [0.5, 0.6) is 0 Å². The molecule has 0 N–H and O–H groups in total. The number of benzene rings is 9. The second kappa shape index (κ2) is 12.0. The van der Waals surface area contributed by atoms with Gasteiger partial charge in [-0.15, -0.1) is 0 Å². The number of aromatic nitrogens is 1. The predicted octanol–water partition coefficient (Wildman–Crippen LogP) is 13.8. The summed E-state index contributed by atoms with van der Waals surface area (Å²) in [5, 5.41) is 7.56. The molecule has 0 aliphatic heterocycles. The molecule has 0 radical (unpaired) electrons. The number of rotatable bonds is 5. The lowest BCUT2D eigenvalue weighted by Crippen LogP contribution is -1.94. The van der Waals surface area contributed by atoms with Gasteiger partial charge in [-0.3, -0.25) is 0 Å². The molecule has 1 nitrogen and oxygen atoms in total. The first-order chi connectivity index (χ1) is 25.3. The molecule has 1 heteroatoms. The number of fused-ring (bicyclic) bond motifs is 5. The van der Waals surface area contributed by atoms with Crippen LogP contribution in [-0.4, -0.2) is 4.57 Å². The van der Waals surface area contributed by atoms with Crippen molar-refractivity contribution in [3.63, 3.8) is 0 Å². The predicted molar refractivity (Wildman–Crippen MR) is 218 cm³/mol. The second-order valence-corrected chi connectivity index (χ2v) is 13.3. The first-order valence-corrected chi connectivity index (χ1v) is 17.6. The zero-order chi connectivity index (χ0) is 33.7. The lowest BCUT2D eigenvalue weighted by atomic mass is 9.90. The highest BCUT2D eigenvalue weighted by molar-refractivity contribution is 6.12. The van der Waals surface area contributed by atoms with Crippen molar-refractivity contribution in [2.75, 3.05) is 0 Å². The first-order valence-electron chi connectivity index (χ1n) is 17.6. The van der Waals surface area contributed by atoms with E-state index in [1.807, 2.05) is 0 Å². The zero-order valence-corrected chi connectivity index (χ0v) is 28.0. The van der Waals surface area contributed by atoms with Gasteiger partial charge in [-0.05, 0) is 96.4 Å². The topological polar surface area (TPSA) is 4.93 Å². The highest BCUT2D eigenvalue weighted by Crippen LogP contribution is 2.42. The van der Waals surface area contributed by atoms with Crippen LogP contribution in [0.1, 0.15) is 0 Å². The van der Waals surface area contributed by atoms with Gasteiger partial charge < -0.3 is 4.57 Å². The molecule has 0 unspecified atom stereocenters. The monoisotopic (exact) mass is 647 g/mol. The van der Waals surface area contributed by atoms with Crippen LogP contribution in [0, 0.1) is 0 Å². The Morgan fingerprint density at radius 1 is 0.255 bits per heavy atom. The minimum atomic E-state index is 1.16. The van der Waals surface area contributed by atoms with E-state index in [4.69, 9.17) is 0 Å². The van der Waals surface area contributed by atoms with Gasteiger partial charge in [0.1, 0.15) is 0 Å². The summed E-state index contributed by atoms with van der Waals surface area (Å²) < 4.78 is 2.41. The molecule has 0 bridgehead atoms. The third-order valence-corrected chi connectivity index (χ3v) is 10.4. The summed E-state index contributed by atoms with van der Waals surface area (Å²) in [7, 11) is 0. The maximum absolute atomic E-state index is 2.41. The fourth-order valence-electron chi connectivity index (χ4n) is 7.96. The van der Waals surface area contributed by atoms with Crippen LogP contribution in [0.4, 0.5) is 0 Å². The fraction of sp³-hybridized carbons (Fsp3) is 0. The van der Waals surface area contributed by atoms with Gasteiger partial charge in [-0.2, -0.15) is 0 Å². The van der Waals surface area contributed by atoms with E-state index in [1.54, 1.807) is 0 Å². The summed E-state index contributed by atoms with van der Waals surface area (Å²) in [5.74, 6) is 0. The van der Waals surface area contributed by atoms with Gasteiger partial charge in [0, 0.05) is 16.5 Å². The van der Waals surface area contributed by atoms with E-state index >= 15 is 0 Å². The summed E-state index contributed by atoms with van der Waals surface area (Å²) in [6.45, 7) is 0. The molecule has 10 aromatic rings. The molecule has 1 aromatic heterocycles. The molecule has 0 saturated heterocycles. The molecule has 0 amide bonds. The van der Waals surface area contributed by atoms with Crippen LogP contribution in [0.15, 0.2) is 200 Å². The Bertz CT molecular complexity index is 2870. The van der Waals surface area contributed by atoms with Crippen molar-refractivity contribution in [3.05, 3.63) is 200 Å². The second-order valence-electron chi connectivity index (χ2n) is 13.3. The van der Waals surface area contributed by atoms with Crippen molar-refractivity contribution in [2.24, 2.45) is 0 Å². The van der Waals surface area contributed by atoms with Crippen molar-refractivity contribution >= 4 is 43.4 Å². The third kappa shape index (κ3) is 4.94. The summed E-state index contributed by atoms with van der Waals surface area (Å²) in [6, 6.07) is 73.0. The molecule has 238 valence electrons. The lowest BCUT2D eigenvalue weighted by molar-refractivity contribution is 1.18. The summed E-state index contributed by atoms with van der Waals surface area (Å²) in [4.78, 5) is 0.